The lowest BCUT2D eigenvalue weighted by molar-refractivity contribution is -0.0945. The molecule has 138 valence electrons. The van der Waals surface area contributed by atoms with Gasteiger partial charge in [0.15, 0.2) is 0 Å². The number of hydrogen-bond donors (Lipinski definition) is 0. The summed E-state index contributed by atoms with van der Waals surface area (Å²) < 4.78 is 22.7. The van der Waals surface area contributed by atoms with E-state index in [2.05, 4.69) is 4.90 Å². The molecule has 3 aliphatic heterocycles. The second-order valence-electron chi connectivity index (χ2n) is 7.17. The maximum atomic E-state index is 12.7. The maximum absolute atomic E-state index is 12.7. The molecule has 0 aromatic carbocycles. The summed E-state index contributed by atoms with van der Waals surface area (Å²) in [5, 5.41) is 0. The van der Waals surface area contributed by atoms with Crippen molar-refractivity contribution < 1.29 is 23.4 Å². The van der Waals surface area contributed by atoms with Gasteiger partial charge < -0.3 is 23.5 Å². The van der Waals surface area contributed by atoms with E-state index < -0.39 is 0 Å². The first-order chi connectivity index (χ1) is 12.2. The second-order valence-corrected chi connectivity index (χ2v) is 7.17. The molecule has 1 aromatic rings. The average molecular weight is 350 g/mol. The van der Waals surface area contributed by atoms with Crippen molar-refractivity contribution in [3.63, 3.8) is 0 Å². The molecule has 1 aromatic heterocycles. The lowest BCUT2D eigenvalue weighted by Crippen LogP contribution is -2.47. The number of amides is 1. The third-order valence-electron chi connectivity index (χ3n) is 5.31. The van der Waals surface area contributed by atoms with Gasteiger partial charge in [-0.15, -0.1) is 0 Å². The predicted molar refractivity (Wildman–Crippen MR) is 89.5 cm³/mol. The van der Waals surface area contributed by atoms with Crippen LogP contribution in [0.3, 0.4) is 0 Å². The number of nitrogens with zero attached hydrogens (tertiary/aromatic N) is 2. The van der Waals surface area contributed by atoms with Crippen LogP contribution >= 0.6 is 0 Å². The summed E-state index contributed by atoms with van der Waals surface area (Å²) in [6, 6.07) is 1.71. The fraction of sp³-hybridized carbons (Fsp3) is 0.722. The normalized spacial score (nSPS) is 31.4. The van der Waals surface area contributed by atoms with E-state index in [1.165, 1.54) is 12.5 Å². The minimum absolute atomic E-state index is 0.0149. The number of carbonyl (C=O) groups is 1. The molecule has 3 saturated heterocycles. The van der Waals surface area contributed by atoms with E-state index in [1.54, 1.807) is 6.07 Å². The molecular formula is C18H26N2O5. The summed E-state index contributed by atoms with van der Waals surface area (Å²) in [4.78, 5) is 16.9. The van der Waals surface area contributed by atoms with Crippen LogP contribution in [0.2, 0.25) is 0 Å². The average Bonchev–Trinajstić information content (AvgIpc) is 3.24. The molecule has 2 atom stereocenters. The van der Waals surface area contributed by atoms with Gasteiger partial charge >= 0.3 is 0 Å². The number of furan rings is 1. The highest BCUT2D eigenvalue weighted by Gasteiger charge is 2.44. The molecule has 25 heavy (non-hydrogen) atoms. The van der Waals surface area contributed by atoms with Crippen LogP contribution in [0.25, 0.3) is 0 Å². The van der Waals surface area contributed by atoms with Crippen molar-refractivity contribution in [3.8, 4) is 0 Å². The molecule has 0 N–H and O–H groups in total. The summed E-state index contributed by atoms with van der Waals surface area (Å²) in [5.74, 6) is -0.0149. The van der Waals surface area contributed by atoms with Gasteiger partial charge in [0.05, 0.1) is 50.9 Å². The van der Waals surface area contributed by atoms with Crippen molar-refractivity contribution in [1.29, 1.82) is 0 Å². The van der Waals surface area contributed by atoms with Crippen LogP contribution in [0, 0.1) is 0 Å². The van der Waals surface area contributed by atoms with Crippen molar-refractivity contribution in [2.24, 2.45) is 0 Å². The Balaban J connectivity index is 1.39. The van der Waals surface area contributed by atoms with E-state index >= 15 is 0 Å². The minimum atomic E-state index is -0.382. The highest BCUT2D eigenvalue weighted by molar-refractivity contribution is 5.93. The van der Waals surface area contributed by atoms with Crippen molar-refractivity contribution in [2.75, 3.05) is 59.2 Å². The van der Waals surface area contributed by atoms with Crippen LogP contribution in [0.4, 0.5) is 0 Å². The molecule has 0 aliphatic carbocycles. The van der Waals surface area contributed by atoms with Gasteiger partial charge in [0.2, 0.25) is 0 Å². The quantitative estimate of drug-likeness (QED) is 0.810. The number of hydrogen-bond acceptors (Lipinski definition) is 6. The Morgan fingerprint density at radius 2 is 2.04 bits per heavy atom. The van der Waals surface area contributed by atoms with E-state index in [9.17, 15) is 4.79 Å². The predicted octanol–water partition coefficient (Wildman–Crippen LogP) is 1.00. The molecule has 1 amide bonds. The monoisotopic (exact) mass is 350 g/mol. The molecule has 7 nitrogen and oxygen atoms in total. The zero-order valence-corrected chi connectivity index (χ0v) is 14.5. The van der Waals surface area contributed by atoms with Gasteiger partial charge in [0, 0.05) is 26.2 Å². The van der Waals surface area contributed by atoms with E-state index in [0.29, 0.717) is 31.9 Å². The van der Waals surface area contributed by atoms with E-state index in [4.69, 9.17) is 18.6 Å². The van der Waals surface area contributed by atoms with Crippen molar-refractivity contribution in [3.05, 3.63) is 24.2 Å². The first-order valence-electron chi connectivity index (χ1n) is 9.11. The van der Waals surface area contributed by atoms with Crippen LogP contribution < -0.4 is 0 Å². The third kappa shape index (κ3) is 3.89. The highest BCUT2D eigenvalue weighted by atomic mass is 16.6. The molecule has 1 spiro atoms. The Hall–Kier alpha value is -1.41. The minimum Gasteiger partial charge on any atom is -0.472 e. The van der Waals surface area contributed by atoms with Crippen LogP contribution in [0.15, 0.2) is 23.0 Å². The SMILES string of the molecule is O=C(c1ccoc1)N1CCOC[C@]2(CC[C@H](CN3CCOCC3)O2)C1. The van der Waals surface area contributed by atoms with E-state index in [-0.39, 0.29) is 17.6 Å². The molecule has 0 saturated carbocycles. The fourth-order valence-corrected chi connectivity index (χ4v) is 3.97. The summed E-state index contributed by atoms with van der Waals surface area (Å²) in [5.41, 5.74) is 0.201. The van der Waals surface area contributed by atoms with Gasteiger partial charge in [0.25, 0.3) is 5.91 Å². The molecule has 3 aliphatic rings. The van der Waals surface area contributed by atoms with Gasteiger partial charge in [-0.05, 0) is 18.9 Å². The Labute approximate surface area is 147 Å². The molecule has 0 bridgehead atoms. The fourth-order valence-electron chi connectivity index (χ4n) is 3.97. The highest BCUT2D eigenvalue weighted by Crippen LogP contribution is 2.34. The number of rotatable bonds is 3. The zero-order chi connectivity index (χ0) is 17.1. The summed E-state index contributed by atoms with van der Waals surface area (Å²) in [7, 11) is 0. The van der Waals surface area contributed by atoms with Gasteiger partial charge in [-0.25, -0.2) is 0 Å². The smallest absolute Gasteiger partial charge is 0.257 e. The van der Waals surface area contributed by atoms with Crippen molar-refractivity contribution in [1.82, 2.24) is 9.80 Å². The lowest BCUT2D eigenvalue weighted by Gasteiger charge is -2.33. The first kappa shape index (κ1) is 17.0. The summed E-state index contributed by atoms with van der Waals surface area (Å²) in [6.45, 7) is 6.73. The molecule has 0 radical (unpaired) electrons. The van der Waals surface area contributed by atoms with Crippen molar-refractivity contribution >= 4 is 5.91 Å². The van der Waals surface area contributed by atoms with Crippen LogP contribution in [-0.2, 0) is 14.2 Å². The Morgan fingerprint density at radius 3 is 2.84 bits per heavy atom. The third-order valence-corrected chi connectivity index (χ3v) is 5.31. The molecule has 4 rings (SSSR count). The van der Waals surface area contributed by atoms with Crippen molar-refractivity contribution in [2.45, 2.75) is 24.5 Å². The number of morpholine rings is 1. The maximum Gasteiger partial charge on any atom is 0.257 e. The number of carbonyl (C=O) groups excluding carboxylic acids is 1. The van der Waals surface area contributed by atoms with Crippen LogP contribution in [0.1, 0.15) is 23.2 Å². The van der Waals surface area contributed by atoms with Gasteiger partial charge in [-0.3, -0.25) is 9.69 Å². The zero-order valence-electron chi connectivity index (χ0n) is 14.5. The molecular weight excluding hydrogens is 324 g/mol. The van der Waals surface area contributed by atoms with Gasteiger partial charge in [-0.1, -0.05) is 0 Å². The standard InChI is InChI=1S/C18H26N2O5/c21-17(15-2-7-23-12-15)20-6-10-24-14-18(13-20)3-1-16(25-18)11-19-4-8-22-9-5-19/h2,7,12,16H,1,3-6,8-11,13-14H2/t16-,18+/m1/s1. The second kappa shape index (κ2) is 7.45. The van der Waals surface area contributed by atoms with E-state index in [1.807, 2.05) is 4.90 Å². The summed E-state index contributed by atoms with van der Waals surface area (Å²) >= 11 is 0. The number of ether oxygens (including phenoxy) is 3. The molecule has 7 heteroatoms. The van der Waals surface area contributed by atoms with Gasteiger partial charge in [0.1, 0.15) is 11.9 Å². The Morgan fingerprint density at radius 1 is 1.20 bits per heavy atom. The lowest BCUT2D eigenvalue weighted by atomic mass is 9.99. The Kier molecular flexibility index (Phi) is 5.08. The van der Waals surface area contributed by atoms with E-state index in [0.717, 1.165) is 45.7 Å². The molecule has 4 heterocycles. The molecule has 3 fully saturated rings. The molecule has 0 unspecified atom stereocenters. The first-order valence-corrected chi connectivity index (χ1v) is 9.11. The van der Waals surface area contributed by atoms with Crippen LogP contribution in [0.5, 0.6) is 0 Å². The largest absolute Gasteiger partial charge is 0.472 e. The Bertz CT molecular complexity index is 572. The van der Waals surface area contributed by atoms with Crippen LogP contribution in [-0.4, -0.2) is 86.6 Å². The van der Waals surface area contributed by atoms with Gasteiger partial charge in [-0.2, -0.15) is 0 Å². The summed E-state index contributed by atoms with van der Waals surface area (Å²) in [6.07, 6.45) is 5.16. The topological polar surface area (TPSA) is 64.4 Å².